The van der Waals surface area contributed by atoms with Gasteiger partial charge in [-0.05, 0) is 44.9 Å². The molecule has 0 aromatic rings. The second kappa shape index (κ2) is 46.8. The summed E-state index contributed by atoms with van der Waals surface area (Å²) in [7, 11) is 0. The Labute approximate surface area is 354 Å². The minimum Gasteiger partial charge on any atom is -0.462 e. The lowest BCUT2D eigenvalue weighted by atomic mass is 10.0. The van der Waals surface area contributed by atoms with Gasteiger partial charge in [0, 0.05) is 19.3 Å². The Bertz CT molecular complexity index is 885. The van der Waals surface area contributed by atoms with Crippen molar-refractivity contribution >= 4 is 17.9 Å². The Hall–Kier alpha value is -1.85. The van der Waals surface area contributed by atoms with Crippen LogP contribution in [0.2, 0.25) is 0 Å². The first-order valence-corrected chi connectivity index (χ1v) is 25.2. The van der Waals surface area contributed by atoms with Crippen LogP contribution in [0.5, 0.6) is 0 Å². The van der Waals surface area contributed by atoms with Crippen molar-refractivity contribution in [1.29, 1.82) is 0 Å². The van der Waals surface area contributed by atoms with E-state index in [0.717, 1.165) is 64.2 Å². The van der Waals surface area contributed by atoms with Gasteiger partial charge in [-0.2, -0.15) is 0 Å². The fraction of sp³-hybridized carbons (Fsp3) is 0.902. The largest absolute Gasteiger partial charge is 0.462 e. The lowest BCUT2D eigenvalue weighted by Crippen LogP contribution is -2.30. The van der Waals surface area contributed by atoms with Gasteiger partial charge in [0.25, 0.3) is 0 Å². The number of hydrogen-bond acceptors (Lipinski definition) is 6. The first-order chi connectivity index (χ1) is 28.0. The van der Waals surface area contributed by atoms with Gasteiger partial charge >= 0.3 is 17.9 Å². The number of allylic oxidation sites excluding steroid dienone is 2. The van der Waals surface area contributed by atoms with Gasteiger partial charge < -0.3 is 14.2 Å². The Morgan fingerprint density at radius 3 is 0.877 bits per heavy atom. The third-order valence-electron chi connectivity index (χ3n) is 11.3. The van der Waals surface area contributed by atoms with Gasteiger partial charge in [-0.3, -0.25) is 14.4 Å². The molecule has 0 spiro atoms. The number of carbonyl (C=O) groups excluding carboxylic acids is 3. The van der Waals surface area contributed by atoms with E-state index >= 15 is 0 Å². The molecule has 0 saturated carbocycles. The molecule has 6 nitrogen and oxygen atoms in total. The van der Waals surface area contributed by atoms with Crippen LogP contribution >= 0.6 is 0 Å². The summed E-state index contributed by atoms with van der Waals surface area (Å²) in [5.41, 5.74) is 0. The summed E-state index contributed by atoms with van der Waals surface area (Å²) in [6.07, 6.45) is 50.4. The third kappa shape index (κ3) is 45.1. The summed E-state index contributed by atoms with van der Waals surface area (Å²) in [5.74, 6) is -0.863. The number of unbranched alkanes of at least 4 members (excludes halogenated alkanes) is 33. The topological polar surface area (TPSA) is 78.9 Å². The highest BCUT2D eigenvalue weighted by Crippen LogP contribution is 2.16. The van der Waals surface area contributed by atoms with Crippen LogP contribution in [0.25, 0.3) is 0 Å². The zero-order chi connectivity index (χ0) is 41.5. The fourth-order valence-corrected chi connectivity index (χ4v) is 7.44. The third-order valence-corrected chi connectivity index (χ3v) is 11.3. The van der Waals surface area contributed by atoms with Gasteiger partial charge in [0.15, 0.2) is 6.10 Å². The van der Waals surface area contributed by atoms with E-state index < -0.39 is 6.10 Å². The molecule has 1 atom stereocenters. The van der Waals surface area contributed by atoms with Crippen molar-refractivity contribution in [2.75, 3.05) is 13.2 Å². The highest BCUT2D eigenvalue weighted by Gasteiger charge is 2.19. The second-order valence-corrected chi connectivity index (χ2v) is 17.1. The number of hydrogen-bond donors (Lipinski definition) is 0. The van der Waals surface area contributed by atoms with Gasteiger partial charge in [0.2, 0.25) is 0 Å². The van der Waals surface area contributed by atoms with Crippen molar-refractivity contribution in [3.05, 3.63) is 12.2 Å². The molecule has 336 valence electrons. The predicted molar refractivity (Wildman–Crippen MR) is 243 cm³/mol. The SMILES string of the molecule is CCCCCCCC/C=C\CCCCCCCC(=O)OCC(COC(=O)CCCCCCCCCCCCCCC)OC(=O)CCCCCCCCCCCCC. The Kier molecular flexibility index (Phi) is 45.3. The number of carbonyl (C=O) groups is 3. The summed E-state index contributed by atoms with van der Waals surface area (Å²) in [6.45, 7) is 6.64. The maximum atomic E-state index is 12.7. The standard InChI is InChI=1S/C51H96O6/c1-4-7-10-13-16-19-22-24-25-27-30-32-35-38-41-44-50(53)56-47-48(57-51(54)45-42-39-36-33-28-21-18-15-12-9-6-3)46-55-49(52)43-40-37-34-31-29-26-23-20-17-14-11-8-5-2/h24-25,48H,4-23,26-47H2,1-3H3/b25-24-. The molecule has 0 amide bonds. The molecule has 0 heterocycles. The average Bonchev–Trinajstić information content (AvgIpc) is 3.21. The zero-order valence-electron chi connectivity index (χ0n) is 38.4. The van der Waals surface area contributed by atoms with Gasteiger partial charge in [-0.25, -0.2) is 0 Å². The molecule has 57 heavy (non-hydrogen) atoms. The molecule has 0 fully saturated rings. The molecule has 1 unspecified atom stereocenters. The molecule has 6 heteroatoms. The molecule has 0 aliphatic heterocycles. The number of esters is 3. The van der Waals surface area contributed by atoms with Crippen molar-refractivity contribution in [1.82, 2.24) is 0 Å². The predicted octanol–water partition coefficient (Wildman–Crippen LogP) is 16.2. The fourth-order valence-electron chi connectivity index (χ4n) is 7.44. The summed E-state index contributed by atoms with van der Waals surface area (Å²) in [5, 5.41) is 0. The van der Waals surface area contributed by atoms with Crippen LogP contribution in [0.1, 0.15) is 278 Å². The van der Waals surface area contributed by atoms with Crippen molar-refractivity contribution in [3.63, 3.8) is 0 Å². The minimum atomic E-state index is -0.765. The van der Waals surface area contributed by atoms with Crippen molar-refractivity contribution in [3.8, 4) is 0 Å². The summed E-state index contributed by atoms with van der Waals surface area (Å²) >= 11 is 0. The summed E-state index contributed by atoms with van der Waals surface area (Å²) < 4.78 is 16.8. The van der Waals surface area contributed by atoms with E-state index in [2.05, 4.69) is 32.9 Å². The molecule has 0 aliphatic rings. The van der Waals surface area contributed by atoms with Crippen LogP contribution < -0.4 is 0 Å². The van der Waals surface area contributed by atoms with Gasteiger partial charge in [0.1, 0.15) is 13.2 Å². The molecule has 0 radical (unpaired) electrons. The zero-order valence-corrected chi connectivity index (χ0v) is 38.4. The smallest absolute Gasteiger partial charge is 0.306 e. The van der Waals surface area contributed by atoms with E-state index in [1.54, 1.807) is 0 Å². The van der Waals surface area contributed by atoms with Gasteiger partial charge in [-0.15, -0.1) is 0 Å². The van der Waals surface area contributed by atoms with Gasteiger partial charge in [0.05, 0.1) is 0 Å². The van der Waals surface area contributed by atoms with E-state index in [4.69, 9.17) is 14.2 Å². The molecule has 0 saturated heterocycles. The first-order valence-electron chi connectivity index (χ1n) is 25.2. The molecule has 0 aliphatic carbocycles. The summed E-state index contributed by atoms with van der Waals surface area (Å²) in [6, 6.07) is 0. The average molecular weight is 805 g/mol. The lowest BCUT2D eigenvalue weighted by molar-refractivity contribution is -0.167. The molecular formula is C51H96O6. The van der Waals surface area contributed by atoms with Crippen LogP contribution in [-0.4, -0.2) is 37.2 Å². The first kappa shape index (κ1) is 55.2. The molecule has 0 aromatic heterocycles. The van der Waals surface area contributed by atoms with Crippen LogP contribution in [0.4, 0.5) is 0 Å². The van der Waals surface area contributed by atoms with Crippen molar-refractivity contribution < 1.29 is 28.6 Å². The van der Waals surface area contributed by atoms with Crippen molar-refractivity contribution in [2.24, 2.45) is 0 Å². The van der Waals surface area contributed by atoms with Crippen LogP contribution in [0.3, 0.4) is 0 Å². The van der Waals surface area contributed by atoms with Crippen LogP contribution in [0, 0.1) is 0 Å². The summed E-state index contributed by atoms with van der Waals surface area (Å²) in [4.78, 5) is 37.8. The molecule has 0 aromatic carbocycles. The number of ether oxygens (including phenoxy) is 3. The molecule has 0 rings (SSSR count). The van der Waals surface area contributed by atoms with E-state index in [1.165, 1.54) is 173 Å². The highest BCUT2D eigenvalue weighted by atomic mass is 16.6. The quantitative estimate of drug-likeness (QED) is 0.0264. The molecule has 0 N–H and O–H groups in total. The number of rotatable bonds is 46. The Morgan fingerprint density at radius 2 is 0.579 bits per heavy atom. The molecule has 0 bridgehead atoms. The van der Waals surface area contributed by atoms with Crippen LogP contribution in [0.15, 0.2) is 12.2 Å². The maximum Gasteiger partial charge on any atom is 0.306 e. The van der Waals surface area contributed by atoms with Gasteiger partial charge in [-0.1, -0.05) is 226 Å². The normalized spacial score (nSPS) is 12.0. The lowest BCUT2D eigenvalue weighted by Gasteiger charge is -2.18. The van der Waals surface area contributed by atoms with E-state index in [1.807, 2.05) is 0 Å². The maximum absolute atomic E-state index is 12.7. The minimum absolute atomic E-state index is 0.0675. The highest BCUT2D eigenvalue weighted by molar-refractivity contribution is 5.71. The second-order valence-electron chi connectivity index (χ2n) is 17.1. The van der Waals surface area contributed by atoms with E-state index in [9.17, 15) is 14.4 Å². The monoisotopic (exact) mass is 805 g/mol. The molecular weight excluding hydrogens is 709 g/mol. The van der Waals surface area contributed by atoms with Crippen molar-refractivity contribution in [2.45, 2.75) is 284 Å². The Morgan fingerprint density at radius 1 is 0.333 bits per heavy atom. The van der Waals surface area contributed by atoms with E-state index in [-0.39, 0.29) is 31.1 Å². The van der Waals surface area contributed by atoms with E-state index in [0.29, 0.717) is 19.3 Å². The Balaban J connectivity index is 4.32. The van der Waals surface area contributed by atoms with Crippen LogP contribution in [-0.2, 0) is 28.6 Å².